The number of ether oxygens (including phenoxy) is 2. The first-order valence-electron chi connectivity index (χ1n) is 10.7. The zero-order valence-corrected chi connectivity index (χ0v) is 18.5. The van der Waals surface area contributed by atoms with E-state index in [1.807, 2.05) is 6.92 Å². The fraction of sp³-hybridized carbons (Fsp3) is 0.231. The number of carbonyl (C=O) groups excluding carboxylic acids is 2. The minimum absolute atomic E-state index is 0.0158. The molecule has 33 heavy (non-hydrogen) atoms. The molecule has 1 aliphatic heterocycles. The van der Waals surface area contributed by atoms with Crippen LogP contribution in [0.2, 0.25) is 0 Å². The van der Waals surface area contributed by atoms with Crippen LogP contribution in [-0.4, -0.2) is 35.4 Å². The molecule has 0 aliphatic carbocycles. The molecule has 1 N–H and O–H groups in total. The van der Waals surface area contributed by atoms with Gasteiger partial charge in [0.2, 0.25) is 0 Å². The van der Waals surface area contributed by atoms with Gasteiger partial charge in [-0.05, 0) is 48.4 Å². The van der Waals surface area contributed by atoms with E-state index in [1.165, 1.54) is 18.3 Å². The molecule has 7 nitrogen and oxygen atoms in total. The van der Waals surface area contributed by atoms with E-state index < -0.39 is 17.7 Å². The highest BCUT2D eigenvalue weighted by Gasteiger charge is 2.46. The minimum Gasteiger partial charge on any atom is -0.507 e. The monoisotopic (exact) mass is 447 g/mol. The number of ketones is 1. The summed E-state index contributed by atoms with van der Waals surface area (Å²) in [5.74, 6) is 0.0382. The van der Waals surface area contributed by atoms with Crippen molar-refractivity contribution < 1.29 is 28.6 Å². The van der Waals surface area contributed by atoms with Gasteiger partial charge in [0.05, 0.1) is 38.1 Å². The van der Waals surface area contributed by atoms with Crippen molar-refractivity contribution in [3.8, 4) is 11.5 Å². The molecule has 0 radical (unpaired) electrons. The number of rotatable bonds is 8. The third kappa shape index (κ3) is 4.48. The maximum absolute atomic E-state index is 13.1. The van der Waals surface area contributed by atoms with E-state index in [2.05, 4.69) is 0 Å². The Hall–Kier alpha value is -4.00. The van der Waals surface area contributed by atoms with Gasteiger partial charge >= 0.3 is 0 Å². The molecule has 2 heterocycles. The summed E-state index contributed by atoms with van der Waals surface area (Å²) < 4.78 is 16.3. The smallest absolute Gasteiger partial charge is 0.296 e. The molecule has 7 heteroatoms. The number of likely N-dealkylation sites (tertiary alicyclic amines) is 1. The minimum atomic E-state index is -0.790. The van der Waals surface area contributed by atoms with Crippen molar-refractivity contribution in [1.29, 1.82) is 0 Å². The third-order valence-corrected chi connectivity index (χ3v) is 5.46. The Balaban J connectivity index is 1.80. The van der Waals surface area contributed by atoms with Gasteiger partial charge in [-0.3, -0.25) is 9.59 Å². The normalized spacial score (nSPS) is 17.4. The van der Waals surface area contributed by atoms with Crippen molar-refractivity contribution in [2.24, 2.45) is 0 Å². The quantitative estimate of drug-likeness (QED) is 0.306. The lowest BCUT2D eigenvalue weighted by molar-refractivity contribution is -0.140. The van der Waals surface area contributed by atoms with Crippen LogP contribution < -0.4 is 9.47 Å². The molecular weight excluding hydrogens is 422 g/mol. The van der Waals surface area contributed by atoms with Gasteiger partial charge in [0, 0.05) is 5.56 Å². The molecule has 1 aliphatic rings. The Bertz CT molecular complexity index is 1160. The number of aliphatic hydroxyl groups is 1. The number of hydrogen-bond donors (Lipinski definition) is 1. The standard InChI is InChI=1S/C26H25NO6/c1-3-13-32-19-11-9-17(10-12-19)23-22(24(28)18-6-4-7-20(15-18)31-2)25(29)26(30)27(23)16-21-8-5-14-33-21/h4-12,14-15,23,28H,3,13,16H2,1-2H3. The molecule has 4 rings (SSSR count). The fourth-order valence-corrected chi connectivity index (χ4v) is 3.85. The number of carbonyl (C=O) groups is 2. The molecule has 1 amide bonds. The van der Waals surface area contributed by atoms with Crippen molar-refractivity contribution in [1.82, 2.24) is 4.90 Å². The lowest BCUT2D eigenvalue weighted by atomic mass is 9.95. The van der Waals surface area contributed by atoms with Gasteiger partial charge in [0.1, 0.15) is 23.0 Å². The second-order valence-corrected chi connectivity index (χ2v) is 7.66. The highest BCUT2D eigenvalue weighted by molar-refractivity contribution is 6.46. The molecular formula is C26H25NO6. The number of hydrogen-bond acceptors (Lipinski definition) is 6. The van der Waals surface area contributed by atoms with Gasteiger partial charge in [0.15, 0.2) is 0 Å². The zero-order valence-electron chi connectivity index (χ0n) is 18.5. The first-order chi connectivity index (χ1) is 16.0. The summed E-state index contributed by atoms with van der Waals surface area (Å²) >= 11 is 0. The Morgan fingerprint density at radius 2 is 1.85 bits per heavy atom. The van der Waals surface area contributed by atoms with Gasteiger partial charge in [0.25, 0.3) is 11.7 Å². The van der Waals surface area contributed by atoms with E-state index in [4.69, 9.17) is 13.9 Å². The molecule has 170 valence electrons. The first-order valence-corrected chi connectivity index (χ1v) is 10.7. The maximum Gasteiger partial charge on any atom is 0.296 e. The van der Waals surface area contributed by atoms with E-state index in [1.54, 1.807) is 60.7 Å². The van der Waals surface area contributed by atoms with Crippen molar-refractivity contribution >= 4 is 17.4 Å². The number of Topliss-reactive ketones (excluding diaryl/α,β-unsaturated/α-hetero) is 1. The van der Waals surface area contributed by atoms with Crippen LogP contribution in [0.4, 0.5) is 0 Å². The summed E-state index contributed by atoms with van der Waals surface area (Å²) in [7, 11) is 1.52. The summed E-state index contributed by atoms with van der Waals surface area (Å²) in [6, 6.07) is 16.6. The molecule has 0 saturated carbocycles. The summed E-state index contributed by atoms with van der Waals surface area (Å²) in [6.07, 6.45) is 2.39. The molecule has 1 unspecified atom stereocenters. The van der Waals surface area contributed by atoms with E-state index in [9.17, 15) is 14.7 Å². The highest BCUT2D eigenvalue weighted by Crippen LogP contribution is 2.41. The topological polar surface area (TPSA) is 89.2 Å². The van der Waals surface area contributed by atoms with Crippen molar-refractivity contribution in [3.63, 3.8) is 0 Å². The van der Waals surface area contributed by atoms with Gasteiger partial charge in [-0.2, -0.15) is 0 Å². The van der Waals surface area contributed by atoms with E-state index >= 15 is 0 Å². The predicted octanol–water partition coefficient (Wildman–Crippen LogP) is 4.70. The van der Waals surface area contributed by atoms with Crippen LogP contribution in [-0.2, 0) is 16.1 Å². The number of nitrogens with zero attached hydrogens (tertiary/aromatic N) is 1. The molecule has 1 fully saturated rings. The van der Waals surface area contributed by atoms with Crippen LogP contribution in [0.15, 0.2) is 76.9 Å². The van der Waals surface area contributed by atoms with Crippen LogP contribution in [0.1, 0.15) is 36.3 Å². The molecule has 1 aromatic heterocycles. The van der Waals surface area contributed by atoms with Gasteiger partial charge in [-0.15, -0.1) is 0 Å². The Labute approximate surface area is 191 Å². The Morgan fingerprint density at radius 1 is 1.06 bits per heavy atom. The van der Waals surface area contributed by atoms with Crippen molar-refractivity contribution in [2.75, 3.05) is 13.7 Å². The molecule has 1 saturated heterocycles. The predicted molar refractivity (Wildman–Crippen MR) is 122 cm³/mol. The number of furan rings is 1. The molecule has 2 aromatic carbocycles. The average molecular weight is 447 g/mol. The van der Waals surface area contributed by atoms with Crippen LogP contribution in [0.5, 0.6) is 11.5 Å². The Kier molecular flexibility index (Phi) is 6.49. The molecule has 0 spiro atoms. The van der Waals surface area contributed by atoms with Crippen LogP contribution in [0, 0.1) is 0 Å². The lowest BCUT2D eigenvalue weighted by Crippen LogP contribution is -2.29. The lowest BCUT2D eigenvalue weighted by Gasteiger charge is -2.24. The fourth-order valence-electron chi connectivity index (χ4n) is 3.85. The molecule has 1 atom stereocenters. The third-order valence-electron chi connectivity index (χ3n) is 5.46. The number of methoxy groups -OCH3 is 1. The largest absolute Gasteiger partial charge is 0.507 e. The second-order valence-electron chi connectivity index (χ2n) is 7.66. The molecule has 0 bridgehead atoms. The SMILES string of the molecule is CCCOc1ccc(C2C(=C(O)c3cccc(OC)c3)C(=O)C(=O)N2Cc2ccco2)cc1. The van der Waals surface area contributed by atoms with Crippen molar-refractivity contribution in [3.05, 3.63) is 89.4 Å². The van der Waals surface area contributed by atoms with Gasteiger partial charge in [-0.1, -0.05) is 31.2 Å². The highest BCUT2D eigenvalue weighted by atomic mass is 16.5. The van der Waals surface area contributed by atoms with E-state index in [0.717, 1.165) is 6.42 Å². The summed E-state index contributed by atoms with van der Waals surface area (Å²) in [4.78, 5) is 27.6. The van der Waals surface area contributed by atoms with Crippen LogP contribution >= 0.6 is 0 Å². The average Bonchev–Trinajstić information content (AvgIpc) is 3.45. The molecule has 3 aromatic rings. The summed E-state index contributed by atoms with van der Waals surface area (Å²) in [5.41, 5.74) is 1.08. The van der Waals surface area contributed by atoms with E-state index in [-0.39, 0.29) is 17.9 Å². The number of amides is 1. The second kappa shape index (κ2) is 9.65. The van der Waals surface area contributed by atoms with Gasteiger partial charge in [-0.25, -0.2) is 0 Å². The summed E-state index contributed by atoms with van der Waals surface area (Å²) in [6.45, 7) is 2.70. The zero-order chi connectivity index (χ0) is 23.4. The van der Waals surface area contributed by atoms with Crippen LogP contribution in [0.3, 0.4) is 0 Å². The first kappa shape index (κ1) is 22.2. The van der Waals surface area contributed by atoms with Crippen molar-refractivity contribution in [2.45, 2.75) is 25.9 Å². The number of aliphatic hydroxyl groups excluding tert-OH is 1. The van der Waals surface area contributed by atoms with Gasteiger partial charge < -0.3 is 23.9 Å². The van der Waals surface area contributed by atoms with Crippen LogP contribution in [0.25, 0.3) is 5.76 Å². The maximum atomic E-state index is 13.1. The Morgan fingerprint density at radius 3 is 2.52 bits per heavy atom. The van der Waals surface area contributed by atoms with E-state index in [0.29, 0.717) is 35.0 Å². The number of benzene rings is 2. The summed E-state index contributed by atoms with van der Waals surface area (Å²) in [5, 5.41) is 11.2.